The lowest BCUT2D eigenvalue weighted by Gasteiger charge is -2.28. The molecular weight excluding hydrogens is 312 g/mol. The molecular formula is C18H17ClN2O2. The first-order valence-electron chi connectivity index (χ1n) is 7.51. The van der Waals surface area contributed by atoms with Gasteiger partial charge in [0.2, 0.25) is 0 Å². The first-order chi connectivity index (χ1) is 11.2. The van der Waals surface area contributed by atoms with Crippen LogP contribution in [0.3, 0.4) is 0 Å². The number of hydrogen-bond donors (Lipinski definition) is 2. The van der Waals surface area contributed by atoms with Gasteiger partial charge in [-0.15, -0.1) is 0 Å². The van der Waals surface area contributed by atoms with Gasteiger partial charge in [0.25, 0.3) is 0 Å². The van der Waals surface area contributed by atoms with Gasteiger partial charge in [-0.25, -0.2) is 5.48 Å². The van der Waals surface area contributed by atoms with Crippen LogP contribution in [0.2, 0.25) is 5.02 Å². The van der Waals surface area contributed by atoms with Crippen LogP contribution in [0.5, 0.6) is 5.75 Å². The van der Waals surface area contributed by atoms with Gasteiger partial charge in [-0.2, -0.15) is 5.26 Å². The summed E-state index contributed by atoms with van der Waals surface area (Å²) >= 11 is 6.20. The summed E-state index contributed by atoms with van der Waals surface area (Å²) in [5, 5.41) is 19.6. The van der Waals surface area contributed by atoms with Gasteiger partial charge in [-0.1, -0.05) is 35.9 Å². The molecule has 5 heteroatoms. The Balaban J connectivity index is 2.21. The molecule has 1 aliphatic heterocycles. The zero-order valence-corrected chi connectivity index (χ0v) is 13.3. The number of rotatable bonds is 4. The van der Waals surface area contributed by atoms with E-state index in [1.807, 2.05) is 42.5 Å². The van der Waals surface area contributed by atoms with Crippen LogP contribution in [0.15, 0.2) is 42.5 Å². The summed E-state index contributed by atoms with van der Waals surface area (Å²) in [6.07, 6.45) is 1.20. The Morgan fingerprint density at radius 2 is 2.09 bits per heavy atom. The maximum Gasteiger partial charge on any atom is 0.124 e. The molecule has 0 saturated heterocycles. The SMILES string of the molecule is N#CC1(CCCNO)c2cc(Cl)ccc2COc2ccccc21. The highest BCUT2D eigenvalue weighted by atomic mass is 35.5. The van der Waals surface area contributed by atoms with Crippen molar-refractivity contribution < 1.29 is 9.94 Å². The molecule has 4 nitrogen and oxygen atoms in total. The molecule has 1 heterocycles. The summed E-state index contributed by atoms with van der Waals surface area (Å²) in [5.41, 5.74) is 4.01. The van der Waals surface area contributed by atoms with Crippen molar-refractivity contribution in [1.82, 2.24) is 5.48 Å². The van der Waals surface area contributed by atoms with Gasteiger partial charge in [0.05, 0.1) is 6.07 Å². The maximum absolute atomic E-state index is 10.1. The van der Waals surface area contributed by atoms with E-state index >= 15 is 0 Å². The molecule has 0 saturated carbocycles. The lowest BCUT2D eigenvalue weighted by Crippen LogP contribution is -2.28. The van der Waals surface area contributed by atoms with E-state index in [2.05, 4.69) is 11.5 Å². The smallest absolute Gasteiger partial charge is 0.124 e. The normalized spacial score (nSPS) is 19.0. The Bertz CT molecular complexity index is 757. The third-order valence-electron chi connectivity index (χ3n) is 4.29. The summed E-state index contributed by atoms with van der Waals surface area (Å²) in [5.74, 6) is 0.721. The first kappa shape index (κ1) is 15.8. The van der Waals surface area contributed by atoms with Crippen molar-refractivity contribution in [3.63, 3.8) is 0 Å². The maximum atomic E-state index is 10.1. The van der Waals surface area contributed by atoms with E-state index in [9.17, 15) is 5.26 Å². The molecule has 0 fully saturated rings. The number of fused-ring (bicyclic) bond motifs is 2. The highest BCUT2D eigenvalue weighted by Gasteiger charge is 2.40. The Kier molecular flexibility index (Phi) is 4.53. The van der Waals surface area contributed by atoms with Crippen molar-refractivity contribution in [1.29, 1.82) is 5.26 Å². The summed E-state index contributed by atoms with van der Waals surface area (Å²) in [6.45, 7) is 0.827. The molecule has 0 spiro atoms. The van der Waals surface area contributed by atoms with E-state index < -0.39 is 5.41 Å². The third kappa shape index (κ3) is 2.79. The Labute approximate surface area is 140 Å². The standard InChI is InChI=1S/C18H17ClN2O2/c19-14-7-6-13-11-23-17-5-2-1-4-15(17)18(12-20,16(13)10-14)8-3-9-21-22/h1-2,4-7,10,21-22H,3,8-9,11H2. The second kappa shape index (κ2) is 6.59. The number of nitriles is 1. The van der Waals surface area contributed by atoms with Gasteiger partial charge in [0.1, 0.15) is 17.8 Å². The van der Waals surface area contributed by atoms with Crippen LogP contribution in [-0.4, -0.2) is 11.8 Å². The number of ether oxygens (including phenoxy) is 1. The predicted octanol–water partition coefficient (Wildman–Crippen LogP) is 3.80. The molecule has 0 aliphatic carbocycles. The highest BCUT2D eigenvalue weighted by molar-refractivity contribution is 6.30. The Morgan fingerprint density at radius 1 is 1.26 bits per heavy atom. The quantitative estimate of drug-likeness (QED) is 0.662. The number of benzene rings is 2. The van der Waals surface area contributed by atoms with Crippen molar-refractivity contribution in [2.24, 2.45) is 0 Å². The molecule has 23 heavy (non-hydrogen) atoms. The van der Waals surface area contributed by atoms with E-state index in [1.54, 1.807) is 0 Å². The molecule has 0 radical (unpaired) electrons. The van der Waals surface area contributed by atoms with Crippen LogP contribution >= 0.6 is 11.6 Å². The van der Waals surface area contributed by atoms with Crippen LogP contribution in [0.1, 0.15) is 29.5 Å². The van der Waals surface area contributed by atoms with Gasteiger partial charge >= 0.3 is 0 Å². The molecule has 2 aromatic rings. The number of para-hydroxylation sites is 1. The zero-order chi connectivity index (χ0) is 16.3. The zero-order valence-electron chi connectivity index (χ0n) is 12.6. The number of nitrogens with one attached hydrogen (secondary N) is 1. The lowest BCUT2D eigenvalue weighted by molar-refractivity contribution is 0.163. The third-order valence-corrected chi connectivity index (χ3v) is 4.53. The van der Waals surface area contributed by atoms with E-state index in [1.165, 1.54) is 0 Å². The minimum absolute atomic E-state index is 0.408. The van der Waals surface area contributed by atoms with E-state index in [0.717, 1.165) is 22.4 Å². The lowest BCUT2D eigenvalue weighted by atomic mass is 9.71. The Hall–Kier alpha value is -2.06. The summed E-state index contributed by atoms with van der Waals surface area (Å²) in [7, 11) is 0. The van der Waals surface area contributed by atoms with Crippen LogP contribution in [0.25, 0.3) is 0 Å². The van der Waals surface area contributed by atoms with E-state index in [-0.39, 0.29) is 0 Å². The van der Waals surface area contributed by atoms with Gasteiger partial charge in [0.15, 0.2) is 0 Å². The van der Waals surface area contributed by atoms with Crippen molar-refractivity contribution in [2.75, 3.05) is 6.54 Å². The van der Waals surface area contributed by atoms with Gasteiger partial charge in [-0.05, 0) is 42.2 Å². The fraction of sp³-hybridized carbons (Fsp3) is 0.278. The monoisotopic (exact) mass is 328 g/mol. The van der Waals surface area contributed by atoms with Crippen LogP contribution < -0.4 is 10.2 Å². The van der Waals surface area contributed by atoms with Crippen molar-refractivity contribution >= 4 is 11.6 Å². The molecule has 118 valence electrons. The molecule has 1 unspecified atom stereocenters. The topological polar surface area (TPSA) is 65.3 Å². The Morgan fingerprint density at radius 3 is 2.87 bits per heavy atom. The number of hydroxylamine groups is 1. The molecule has 0 bridgehead atoms. The predicted molar refractivity (Wildman–Crippen MR) is 87.6 cm³/mol. The minimum atomic E-state index is -0.843. The van der Waals surface area contributed by atoms with E-state index in [0.29, 0.717) is 31.0 Å². The molecule has 2 aromatic carbocycles. The summed E-state index contributed by atoms with van der Waals surface area (Å²) in [4.78, 5) is 0. The second-order valence-electron chi connectivity index (χ2n) is 5.62. The first-order valence-corrected chi connectivity index (χ1v) is 7.88. The van der Waals surface area contributed by atoms with Gasteiger partial charge in [-0.3, -0.25) is 0 Å². The molecule has 0 amide bonds. The summed E-state index contributed by atoms with van der Waals surface area (Å²) < 4.78 is 5.92. The van der Waals surface area contributed by atoms with Crippen LogP contribution in [-0.2, 0) is 12.0 Å². The highest BCUT2D eigenvalue weighted by Crippen LogP contribution is 2.45. The van der Waals surface area contributed by atoms with E-state index in [4.69, 9.17) is 21.5 Å². The number of hydrogen-bond acceptors (Lipinski definition) is 4. The molecule has 1 atom stereocenters. The van der Waals surface area contributed by atoms with Crippen LogP contribution in [0.4, 0.5) is 0 Å². The summed E-state index contributed by atoms with van der Waals surface area (Å²) in [6, 6.07) is 15.7. The number of halogens is 1. The van der Waals surface area contributed by atoms with Gasteiger partial charge < -0.3 is 9.94 Å². The van der Waals surface area contributed by atoms with Crippen molar-refractivity contribution in [3.8, 4) is 11.8 Å². The molecule has 3 rings (SSSR count). The van der Waals surface area contributed by atoms with Gasteiger partial charge in [0, 0.05) is 17.1 Å². The van der Waals surface area contributed by atoms with Crippen molar-refractivity contribution in [3.05, 3.63) is 64.2 Å². The second-order valence-corrected chi connectivity index (χ2v) is 6.05. The largest absolute Gasteiger partial charge is 0.489 e. The fourth-order valence-electron chi connectivity index (χ4n) is 3.20. The molecule has 2 N–H and O–H groups in total. The average molecular weight is 329 g/mol. The van der Waals surface area contributed by atoms with Crippen LogP contribution in [0, 0.1) is 11.3 Å². The molecule has 0 aromatic heterocycles. The number of nitrogens with zero attached hydrogens (tertiary/aromatic N) is 1. The molecule has 1 aliphatic rings. The minimum Gasteiger partial charge on any atom is -0.489 e. The average Bonchev–Trinajstić information content (AvgIpc) is 2.71. The fourth-order valence-corrected chi connectivity index (χ4v) is 3.37. The van der Waals surface area contributed by atoms with Crippen molar-refractivity contribution in [2.45, 2.75) is 24.9 Å².